The summed E-state index contributed by atoms with van der Waals surface area (Å²) in [6.45, 7) is 0.660. The van der Waals surface area contributed by atoms with Crippen LogP contribution in [0.4, 0.5) is 5.13 Å². The minimum Gasteiger partial charge on any atom is -0.493 e. The maximum Gasteiger partial charge on any atom is 0.257 e. The van der Waals surface area contributed by atoms with Crippen molar-refractivity contribution in [3.8, 4) is 22.8 Å². The normalized spacial score (nSPS) is 12.4. The van der Waals surface area contributed by atoms with Crippen LogP contribution >= 0.6 is 11.3 Å². The van der Waals surface area contributed by atoms with Crippen molar-refractivity contribution in [2.24, 2.45) is 0 Å². The van der Waals surface area contributed by atoms with Gasteiger partial charge in [0, 0.05) is 23.7 Å². The lowest BCUT2D eigenvalue weighted by atomic mass is 10.1. The maximum atomic E-state index is 12.8. The van der Waals surface area contributed by atoms with Gasteiger partial charge in [-0.2, -0.15) is 0 Å². The standard InChI is InChI=1S/C22H17N3O3S/c1-27-21-18-19(16(12-23-21)13-5-3-2-4-6-13)29-22(24-18)25-20(26)15-7-8-17-14(11-15)9-10-28-17/h2-8,11-12H,9-10H2,1H3,(H,24,25,26). The molecule has 1 aliphatic heterocycles. The van der Waals surface area contributed by atoms with Gasteiger partial charge in [0.25, 0.3) is 5.91 Å². The van der Waals surface area contributed by atoms with Crippen molar-refractivity contribution < 1.29 is 14.3 Å². The van der Waals surface area contributed by atoms with Crippen LogP contribution in [0.5, 0.6) is 11.6 Å². The van der Waals surface area contributed by atoms with Gasteiger partial charge >= 0.3 is 0 Å². The molecule has 1 amide bonds. The monoisotopic (exact) mass is 403 g/mol. The topological polar surface area (TPSA) is 73.3 Å². The number of fused-ring (bicyclic) bond motifs is 2. The third-order valence-corrected chi connectivity index (χ3v) is 5.84. The number of ether oxygens (including phenoxy) is 2. The smallest absolute Gasteiger partial charge is 0.257 e. The molecule has 29 heavy (non-hydrogen) atoms. The average molecular weight is 403 g/mol. The van der Waals surface area contributed by atoms with Crippen LogP contribution in [0.25, 0.3) is 21.3 Å². The molecule has 0 saturated carbocycles. The summed E-state index contributed by atoms with van der Waals surface area (Å²) in [5, 5.41) is 3.42. The number of methoxy groups -OCH3 is 1. The summed E-state index contributed by atoms with van der Waals surface area (Å²) in [7, 11) is 1.56. The molecule has 3 heterocycles. The zero-order valence-corrected chi connectivity index (χ0v) is 16.5. The first-order valence-corrected chi connectivity index (χ1v) is 10.0. The van der Waals surface area contributed by atoms with E-state index in [9.17, 15) is 4.79 Å². The van der Waals surface area contributed by atoms with E-state index in [1.807, 2.05) is 42.5 Å². The first kappa shape index (κ1) is 17.6. The highest BCUT2D eigenvalue weighted by molar-refractivity contribution is 7.23. The number of rotatable bonds is 4. The van der Waals surface area contributed by atoms with E-state index >= 15 is 0 Å². The lowest BCUT2D eigenvalue weighted by Gasteiger charge is -2.04. The molecule has 0 saturated heterocycles. The van der Waals surface area contributed by atoms with Gasteiger partial charge in [0.1, 0.15) is 11.3 Å². The maximum absolute atomic E-state index is 12.8. The number of hydrogen-bond donors (Lipinski definition) is 1. The summed E-state index contributed by atoms with van der Waals surface area (Å²) >= 11 is 1.41. The third-order valence-electron chi connectivity index (χ3n) is 4.84. The second kappa shape index (κ2) is 7.18. The van der Waals surface area contributed by atoms with Crippen LogP contribution in [-0.2, 0) is 6.42 Å². The molecule has 0 bridgehead atoms. The Morgan fingerprint density at radius 1 is 1.21 bits per heavy atom. The Kier molecular flexibility index (Phi) is 4.37. The lowest BCUT2D eigenvalue weighted by molar-refractivity contribution is 0.102. The van der Waals surface area contributed by atoms with E-state index in [2.05, 4.69) is 15.3 Å². The Bertz CT molecular complexity index is 1220. The van der Waals surface area contributed by atoms with Gasteiger partial charge in [0.05, 0.1) is 18.4 Å². The first-order chi connectivity index (χ1) is 14.2. The van der Waals surface area contributed by atoms with Crippen molar-refractivity contribution in [2.75, 3.05) is 19.0 Å². The van der Waals surface area contributed by atoms with E-state index in [4.69, 9.17) is 9.47 Å². The van der Waals surface area contributed by atoms with Gasteiger partial charge in [-0.05, 0) is 29.3 Å². The van der Waals surface area contributed by atoms with Crippen molar-refractivity contribution >= 4 is 32.6 Å². The molecule has 7 heteroatoms. The van der Waals surface area contributed by atoms with Crippen LogP contribution in [0.15, 0.2) is 54.7 Å². The van der Waals surface area contributed by atoms with Crippen molar-refractivity contribution in [1.29, 1.82) is 0 Å². The fourth-order valence-corrected chi connectivity index (χ4v) is 4.40. The number of benzene rings is 2. The van der Waals surface area contributed by atoms with Crippen LogP contribution in [-0.4, -0.2) is 29.6 Å². The molecule has 5 rings (SSSR count). The van der Waals surface area contributed by atoms with E-state index in [0.717, 1.165) is 33.6 Å². The van der Waals surface area contributed by atoms with E-state index < -0.39 is 0 Å². The highest BCUT2D eigenvalue weighted by Gasteiger charge is 2.19. The minimum atomic E-state index is -0.202. The molecule has 144 valence electrons. The van der Waals surface area contributed by atoms with Crippen molar-refractivity contribution in [3.05, 3.63) is 65.9 Å². The quantitative estimate of drug-likeness (QED) is 0.541. The number of pyridine rings is 1. The second-order valence-corrected chi connectivity index (χ2v) is 7.62. The molecule has 4 aromatic rings. The van der Waals surface area contributed by atoms with E-state index in [-0.39, 0.29) is 5.91 Å². The molecule has 6 nitrogen and oxygen atoms in total. The molecule has 2 aromatic carbocycles. The van der Waals surface area contributed by atoms with Crippen molar-refractivity contribution in [3.63, 3.8) is 0 Å². The molecule has 0 atom stereocenters. The van der Waals surface area contributed by atoms with Crippen LogP contribution in [0, 0.1) is 0 Å². The third kappa shape index (κ3) is 3.19. The predicted octanol–water partition coefficient (Wildman–Crippen LogP) is 4.55. The summed E-state index contributed by atoms with van der Waals surface area (Å²) in [5.74, 6) is 1.09. The predicted molar refractivity (Wildman–Crippen MR) is 113 cm³/mol. The molecule has 0 radical (unpaired) electrons. The Balaban J connectivity index is 1.51. The second-order valence-electron chi connectivity index (χ2n) is 6.62. The van der Waals surface area contributed by atoms with Crippen molar-refractivity contribution in [2.45, 2.75) is 6.42 Å². The number of nitrogens with zero attached hydrogens (tertiary/aromatic N) is 2. The molecule has 2 aromatic heterocycles. The molecule has 1 N–H and O–H groups in total. The zero-order chi connectivity index (χ0) is 19.8. The van der Waals surface area contributed by atoms with E-state index in [1.165, 1.54) is 11.3 Å². The molecular weight excluding hydrogens is 386 g/mol. The Morgan fingerprint density at radius 2 is 2.07 bits per heavy atom. The first-order valence-electron chi connectivity index (χ1n) is 9.19. The molecule has 0 fully saturated rings. The summed E-state index contributed by atoms with van der Waals surface area (Å²) in [4.78, 5) is 21.7. The fraction of sp³-hybridized carbons (Fsp3) is 0.136. The lowest BCUT2D eigenvalue weighted by Crippen LogP contribution is -2.11. The number of nitrogens with one attached hydrogen (secondary N) is 1. The van der Waals surface area contributed by atoms with Gasteiger partial charge in [-0.25, -0.2) is 9.97 Å². The van der Waals surface area contributed by atoms with Crippen molar-refractivity contribution in [1.82, 2.24) is 9.97 Å². The highest BCUT2D eigenvalue weighted by Crippen LogP contribution is 2.38. The van der Waals surface area contributed by atoms with Crippen LogP contribution < -0.4 is 14.8 Å². The minimum absolute atomic E-state index is 0.202. The number of carbonyl (C=O) groups excluding carboxylic acids is 1. The highest BCUT2D eigenvalue weighted by atomic mass is 32.1. The Hall–Kier alpha value is -3.45. The van der Waals surface area contributed by atoms with Gasteiger partial charge in [-0.15, -0.1) is 0 Å². The summed E-state index contributed by atoms with van der Waals surface area (Å²) in [6.07, 6.45) is 2.60. The van der Waals surface area contributed by atoms with Gasteiger partial charge in [0.2, 0.25) is 5.88 Å². The number of aromatic nitrogens is 2. The average Bonchev–Trinajstić information content (AvgIpc) is 3.39. The fourth-order valence-electron chi connectivity index (χ4n) is 3.41. The largest absolute Gasteiger partial charge is 0.493 e. The molecule has 0 spiro atoms. The Labute approximate surface area is 171 Å². The van der Waals surface area contributed by atoms with Crippen LogP contribution in [0.1, 0.15) is 15.9 Å². The van der Waals surface area contributed by atoms with Gasteiger partial charge in [0.15, 0.2) is 5.13 Å². The molecular formula is C22H17N3O3S. The van der Waals surface area contributed by atoms with Crippen LogP contribution in [0.3, 0.4) is 0 Å². The molecule has 0 aliphatic carbocycles. The van der Waals surface area contributed by atoms with Gasteiger partial charge < -0.3 is 9.47 Å². The number of anilines is 1. The number of amides is 1. The zero-order valence-electron chi connectivity index (χ0n) is 15.6. The number of hydrogen-bond acceptors (Lipinski definition) is 6. The molecule has 0 unspecified atom stereocenters. The summed E-state index contributed by atoms with van der Waals surface area (Å²) < 4.78 is 11.8. The van der Waals surface area contributed by atoms with E-state index in [0.29, 0.717) is 28.7 Å². The Morgan fingerprint density at radius 3 is 2.90 bits per heavy atom. The number of carbonyl (C=O) groups is 1. The van der Waals surface area contributed by atoms with Crippen LogP contribution in [0.2, 0.25) is 0 Å². The molecule has 1 aliphatic rings. The van der Waals surface area contributed by atoms with Gasteiger partial charge in [-0.3, -0.25) is 10.1 Å². The van der Waals surface area contributed by atoms with E-state index in [1.54, 1.807) is 19.4 Å². The summed E-state index contributed by atoms with van der Waals surface area (Å²) in [6, 6.07) is 15.5. The number of thiazole rings is 1. The SMILES string of the molecule is COc1ncc(-c2ccccc2)c2sc(NC(=O)c3ccc4c(c3)CCO4)nc12. The summed E-state index contributed by atoms with van der Waals surface area (Å²) in [5.41, 5.74) is 4.26. The van der Waals surface area contributed by atoms with Gasteiger partial charge in [-0.1, -0.05) is 41.7 Å².